The van der Waals surface area contributed by atoms with E-state index in [9.17, 15) is 0 Å². The maximum absolute atomic E-state index is 5.91. The lowest BCUT2D eigenvalue weighted by Crippen LogP contribution is -2.21. The van der Waals surface area contributed by atoms with E-state index in [4.69, 9.17) is 21.1 Å². The average Bonchev–Trinajstić information content (AvgIpc) is 2.73. The van der Waals surface area contributed by atoms with E-state index < -0.39 is 0 Å². The standard InChI is InChI=1S/C21H24ClN5O2/c1-5-6-11-27(3)21-24-13-16(20(26-21)28-4)17-7-8-18(14(2)25-17)29-15-9-10-23-19(22)12-15/h7-10,12-13H,5-6,11H2,1-4H3. The third kappa shape index (κ3) is 5.12. The highest BCUT2D eigenvalue weighted by molar-refractivity contribution is 6.29. The third-order valence-electron chi connectivity index (χ3n) is 4.36. The minimum Gasteiger partial charge on any atom is -0.480 e. The van der Waals surface area contributed by atoms with Crippen LogP contribution >= 0.6 is 11.6 Å². The highest BCUT2D eigenvalue weighted by atomic mass is 35.5. The fourth-order valence-corrected chi connectivity index (χ4v) is 2.91. The Kier molecular flexibility index (Phi) is 6.82. The van der Waals surface area contributed by atoms with Crippen molar-refractivity contribution in [2.45, 2.75) is 26.7 Å². The van der Waals surface area contributed by atoms with Gasteiger partial charge >= 0.3 is 0 Å². The molecule has 0 amide bonds. The van der Waals surface area contributed by atoms with E-state index >= 15 is 0 Å². The Labute approximate surface area is 175 Å². The minimum absolute atomic E-state index is 0.371. The number of methoxy groups -OCH3 is 1. The van der Waals surface area contributed by atoms with Crippen LogP contribution in [0.15, 0.2) is 36.7 Å². The summed E-state index contributed by atoms with van der Waals surface area (Å²) in [5, 5.41) is 0.371. The van der Waals surface area contributed by atoms with Crippen molar-refractivity contribution in [2.24, 2.45) is 0 Å². The Bertz CT molecular complexity index is 983. The van der Waals surface area contributed by atoms with Crippen molar-refractivity contribution in [3.05, 3.63) is 47.5 Å². The van der Waals surface area contributed by atoms with Crippen molar-refractivity contribution in [2.75, 3.05) is 25.6 Å². The van der Waals surface area contributed by atoms with Crippen molar-refractivity contribution in [3.63, 3.8) is 0 Å². The Balaban J connectivity index is 1.85. The number of hydrogen-bond donors (Lipinski definition) is 0. The maximum atomic E-state index is 5.91. The second-order valence-corrected chi connectivity index (χ2v) is 6.95. The van der Waals surface area contributed by atoms with Gasteiger partial charge in [0.05, 0.1) is 24.1 Å². The summed E-state index contributed by atoms with van der Waals surface area (Å²) in [6.07, 6.45) is 5.53. The van der Waals surface area contributed by atoms with E-state index in [1.165, 1.54) is 0 Å². The first-order valence-corrected chi connectivity index (χ1v) is 9.79. The van der Waals surface area contributed by atoms with Gasteiger partial charge in [0.25, 0.3) is 0 Å². The number of ether oxygens (including phenoxy) is 2. The summed E-state index contributed by atoms with van der Waals surface area (Å²) < 4.78 is 11.4. The van der Waals surface area contributed by atoms with E-state index in [2.05, 4.69) is 26.9 Å². The van der Waals surface area contributed by atoms with Gasteiger partial charge in [-0.25, -0.2) is 15.0 Å². The normalized spacial score (nSPS) is 10.7. The topological polar surface area (TPSA) is 73.3 Å². The molecule has 0 radical (unpaired) electrons. The smallest absolute Gasteiger partial charge is 0.228 e. The van der Waals surface area contributed by atoms with Gasteiger partial charge in [0.2, 0.25) is 11.8 Å². The summed E-state index contributed by atoms with van der Waals surface area (Å²) in [5.74, 6) is 2.35. The summed E-state index contributed by atoms with van der Waals surface area (Å²) >= 11 is 5.91. The highest BCUT2D eigenvalue weighted by Crippen LogP contribution is 2.31. The molecule has 0 aliphatic heterocycles. The van der Waals surface area contributed by atoms with Crippen molar-refractivity contribution in [1.82, 2.24) is 19.9 Å². The van der Waals surface area contributed by atoms with Gasteiger partial charge in [-0.1, -0.05) is 24.9 Å². The number of anilines is 1. The SMILES string of the molecule is CCCCN(C)c1ncc(-c2ccc(Oc3ccnc(Cl)c3)c(C)n2)c(OC)n1. The number of aryl methyl sites for hydroxylation is 1. The molecule has 3 aromatic heterocycles. The molecule has 0 spiro atoms. The molecule has 0 atom stereocenters. The zero-order valence-electron chi connectivity index (χ0n) is 17.0. The summed E-state index contributed by atoms with van der Waals surface area (Å²) in [5.41, 5.74) is 2.16. The Hall–Kier alpha value is -2.93. The van der Waals surface area contributed by atoms with Gasteiger partial charge in [0.15, 0.2) is 0 Å². The quantitative estimate of drug-likeness (QED) is 0.484. The molecular formula is C21H24ClN5O2. The monoisotopic (exact) mass is 413 g/mol. The van der Waals surface area contributed by atoms with E-state index in [-0.39, 0.29) is 0 Å². The van der Waals surface area contributed by atoms with Crippen LogP contribution in [0.5, 0.6) is 17.4 Å². The summed E-state index contributed by atoms with van der Waals surface area (Å²) in [7, 11) is 3.57. The van der Waals surface area contributed by atoms with Crippen LogP contribution in [-0.4, -0.2) is 40.6 Å². The first-order valence-electron chi connectivity index (χ1n) is 9.41. The van der Waals surface area contributed by atoms with Crippen molar-refractivity contribution < 1.29 is 9.47 Å². The number of aromatic nitrogens is 4. The van der Waals surface area contributed by atoms with E-state index in [0.29, 0.717) is 34.2 Å². The van der Waals surface area contributed by atoms with Crippen LogP contribution in [0.2, 0.25) is 5.15 Å². The fraction of sp³-hybridized carbons (Fsp3) is 0.333. The molecule has 0 N–H and O–H groups in total. The largest absolute Gasteiger partial charge is 0.480 e. The maximum Gasteiger partial charge on any atom is 0.228 e. The van der Waals surface area contributed by atoms with Gasteiger partial charge in [-0.05, 0) is 31.5 Å². The number of rotatable bonds is 8. The van der Waals surface area contributed by atoms with Gasteiger partial charge in [-0.15, -0.1) is 0 Å². The lowest BCUT2D eigenvalue weighted by Gasteiger charge is -2.18. The molecule has 152 valence electrons. The fourth-order valence-electron chi connectivity index (χ4n) is 2.75. The molecule has 3 rings (SSSR count). The zero-order valence-corrected chi connectivity index (χ0v) is 17.8. The molecule has 29 heavy (non-hydrogen) atoms. The number of halogens is 1. The molecule has 0 saturated carbocycles. The summed E-state index contributed by atoms with van der Waals surface area (Å²) in [6.45, 7) is 4.92. The van der Waals surface area contributed by atoms with Gasteiger partial charge in [0, 0.05) is 32.1 Å². The van der Waals surface area contributed by atoms with Gasteiger partial charge in [-0.3, -0.25) is 0 Å². The molecule has 0 unspecified atom stereocenters. The molecule has 0 aromatic carbocycles. The van der Waals surface area contributed by atoms with Gasteiger partial charge in [0.1, 0.15) is 16.7 Å². The van der Waals surface area contributed by atoms with Crippen LogP contribution in [-0.2, 0) is 0 Å². The van der Waals surface area contributed by atoms with Crippen LogP contribution in [0.1, 0.15) is 25.5 Å². The Morgan fingerprint density at radius 3 is 2.66 bits per heavy atom. The highest BCUT2D eigenvalue weighted by Gasteiger charge is 2.15. The molecule has 0 fully saturated rings. The van der Waals surface area contributed by atoms with Gasteiger partial charge < -0.3 is 14.4 Å². The molecule has 3 heterocycles. The number of pyridine rings is 2. The molecule has 0 bridgehead atoms. The van der Waals surface area contributed by atoms with Crippen LogP contribution in [0.25, 0.3) is 11.3 Å². The lowest BCUT2D eigenvalue weighted by atomic mass is 10.2. The molecule has 0 saturated heterocycles. The Morgan fingerprint density at radius 2 is 1.97 bits per heavy atom. The van der Waals surface area contributed by atoms with Crippen molar-refractivity contribution in [3.8, 4) is 28.6 Å². The molecule has 0 aliphatic carbocycles. The number of nitrogens with zero attached hydrogens (tertiary/aromatic N) is 5. The molecule has 7 nitrogen and oxygen atoms in total. The average molecular weight is 414 g/mol. The Morgan fingerprint density at radius 1 is 1.14 bits per heavy atom. The predicted molar refractivity (Wildman–Crippen MR) is 114 cm³/mol. The third-order valence-corrected chi connectivity index (χ3v) is 4.57. The van der Waals surface area contributed by atoms with Crippen molar-refractivity contribution in [1.29, 1.82) is 0 Å². The van der Waals surface area contributed by atoms with Crippen LogP contribution in [0.3, 0.4) is 0 Å². The van der Waals surface area contributed by atoms with E-state index in [1.54, 1.807) is 31.6 Å². The van der Waals surface area contributed by atoms with Crippen molar-refractivity contribution >= 4 is 17.5 Å². The lowest BCUT2D eigenvalue weighted by molar-refractivity contribution is 0.398. The molecule has 3 aromatic rings. The van der Waals surface area contributed by atoms with Crippen LogP contribution in [0, 0.1) is 6.92 Å². The zero-order chi connectivity index (χ0) is 20.8. The van der Waals surface area contributed by atoms with E-state index in [0.717, 1.165) is 30.6 Å². The predicted octanol–water partition coefficient (Wildman–Crippen LogP) is 4.93. The van der Waals surface area contributed by atoms with E-state index in [1.807, 2.05) is 31.0 Å². The number of hydrogen-bond acceptors (Lipinski definition) is 7. The second kappa shape index (κ2) is 9.52. The second-order valence-electron chi connectivity index (χ2n) is 6.56. The summed E-state index contributed by atoms with van der Waals surface area (Å²) in [4.78, 5) is 19.7. The number of unbranched alkanes of at least 4 members (excludes halogenated alkanes) is 1. The van der Waals surface area contributed by atoms with Crippen LogP contribution in [0.4, 0.5) is 5.95 Å². The first kappa shape index (κ1) is 20.8. The molecule has 8 heteroatoms. The molecular weight excluding hydrogens is 390 g/mol. The van der Waals surface area contributed by atoms with Gasteiger partial charge in [-0.2, -0.15) is 4.98 Å². The first-order chi connectivity index (χ1) is 14.0. The minimum atomic E-state index is 0.371. The van der Waals surface area contributed by atoms with Crippen LogP contribution < -0.4 is 14.4 Å². The summed E-state index contributed by atoms with van der Waals surface area (Å²) in [6, 6.07) is 7.10. The molecule has 0 aliphatic rings.